The first-order chi connectivity index (χ1) is 14.6. The third-order valence-electron chi connectivity index (χ3n) is 11.0. The van der Waals surface area contributed by atoms with Crippen molar-refractivity contribution in [3.63, 3.8) is 0 Å². The Bertz CT molecular complexity index is 748. The van der Waals surface area contributed by atoms with E-state index in [2.05, 4.69) is 41.5 Å². The summed E-state index contributed by atoms with van der Waals surface area (Å²) >= 11 is 0. The largest absolute Gasteiger partial charge is 0.295 e. The molecule has 0 amide bonds. The number of Topliss-reactive ketones (excluding diaryl/α,β-unsaturated/α-hetero) is 1. The molecule has 0 spiro atoms. The molecule has 4 rings (SSSR count). The quantitative estimate of drug-likeness (QED) is 0.443. The van der Waals surface area contributed by atoms with Crippen LogP contribution >= 0.6 is 0 Å². The summed E-state index contributed by atoms with van der Waals surface area (Å²) in [6, 6.07) is 0. The monoisotopic (exact) mass is 426 g/mol. The molecule has 3 saturated carbocycles. The number of rotatable bonds is 6. The van der Waals surface area contributed by atoms with E-state index in [1.165, 1.54) is 44.9 Å². The highest BCUT2D eigenvalue weighted by atomic mass is 16.1. The maximum Gasteiger partial charge on any atom is 0.159 e. The molecule has 4 aliphatic rings. The molecule has 4 aliphatic carbocycles. The zero-order valence-corrected chi connectivity index (χ0v) is 21.0. The molecule has 0 radical (unpaired) electrons. The van der Waals surface area contributed by atoms with Crippen molar-refractivity contribution in [2.45, 2.75) is 106 Å². The molecule has 0 aromatic heterocycles. The second-order valence-electron chi connectivity index (χ2n) is 12.6. The van der Waals surface area contributed by atoms with Gasteiger partial charge in [0.25, 0.3) is 0 Å². The summed E-state index contributed by atoms with van der Waals surface area (Å²) in [7, 11) is 0. The van der Waals surface area contributed by atoms with Gasteiger partial charge in [-0.05, 0) is 96.9 Å². The average molecular weight is 427 g/mol. The minimum absolute atomic E-state index is 0.0510. The molecule has 8 atom stereocenters. The van der Waals surface area contributed by atoms with Crippen LogP contribution < -0.4 is 0 Å². The smallest absolute Gasteiger partial charge is 0.159 e. The van der Waals surface area contributed by atoms with E-state index < -0.39 is 0 Å². The number of hydrogen-bond acceptors (Lipinski definition) is 2. The Balaban J connectivity index is 1.52. The van der Waals surface area contributed by atoms with Gasteiger partial charge in [-0.15, -0.1) is 0 Å². The topological polar surface area (TPSA) is 34.1 Å². The van der Waals surface area contributed by atoms with Gasteiger partial charge in [0.15, 0.2) is 11.6 Å². The maximum absolute atomic E-state index is 13.2. The molecule has 6 unspecified atom stereocenters. The Morgan fingerprint density at radius 3 is 2.42 bits per heavy atom. The number of carbonyl (C=O) groups excluding carboxylic acids is 2. The van der Waals surface area contributed by atoms with E-state index in [0.29, 0.717) is 41.8 Å². The molecule has 0 aliphatic heterocycles. The highest BCUT2D eigenvalue weighted by molar-refractivity contribution is 6.05. The Kier molecular flexibility index (Phi) is 6.34. The van der Waals surface area contributed by atoms with Gasteiger partial charge in [0.05, 0.1) is 0 Å². The number of allylic oxidation sites excluding steroid dienone is 1. The lowest BCUT2D eigenvalue weighted by molar-refractivity contribution is -0.131. The van der Waals surface area contributed by atoms with E-state index in [9.17, 15) is 9.59 Å². The lowest BCUT2D eigenvalue weighted by Crippen LogP contribution is -2.53. The molecule has 174 valence electrons. The third kappa shape index (κ3) is 3.78. The average Bonchev–Trinajstić information content (AvgIpc) is 3.07. The van der Waals surface area contributed by atoms with Crippen molar-refractivity contribution in [2.75, 3.05) is 0 Å². The van der Waals surface area contributed by atoms with Crippen molar-refractivity contribution < 1.29 is 9.59 Å². The van der Waals surface area contributed by atoms with Crippen LogP contribution in [0, 0.1) is 52.3 Å². The van der Waals surface area contributed by atoms with Gasteiger partial charge in [0.1, 0.15) is 0 Å². The van der Waals surface area contributed by atoms with E-state index in [1.54, 1.807) is 6.08 Å². The standard InChI is InChI=1S/C29H46O2/c1-7-20(18(2)3)9-8-19(4)23-10-11-24-22-17-27(31)26-16-21(30)12-14-29(26,6)25(22)13-15-28(23,24)5/h16,18-20,22-25H,7-15,17H2,1-6H3/t19?,20?,22?,23?,24?,25?,28-,29-/m1/s1. The van der Waals surface area contributed by atoms with Crippen LogP contribution in [0.2, 0.25) is 0 Å². The van der Waals surface area contributed by atoms with Gasteiger partial charge in [-0.3, -0.25) is 9.59 Å². The molecule has 0 saturated heterocycles. The van der Waals surface area contributed by atoms with E-state index in [0.717, 1.165) is 35.7 Å². The predicted octanol–water partition coefficient (Wildman–Crippen LogP) is 7.41. The number of hydrogen-bond donors (Lipinski definition) is 0. The van der Waals surface area contributed by atoms with Crippen LogP contribution in [0.25, 0.3) is 0 Å². The lowest BCUT2D eigenvalue weighted by Gasteiger charge is -2.57. The molecule has 31 heavy (non-hydrogen) atoms. The Hall–Kier alpha value is -0.920. The lowest BCUT2D eigenvalue weighted by atomic mass is 9.46. The van der Waals surface area contributed by atoms with Gasteiger partial charge in [-0.1, -0.05) is 54.4 Å². The van der Waals surface area contributed by atoms with Crippen LogP contribution in [0.4, 0.5) is 0 Å². The van der Waals surface area contributed by atoms with E-state index in [1.807, 2.05) is 0 Å². The van der Waals surface area contributed by atoms with Crippen molar-refractivity contribution in [1.82, 2.24) is 0 Å². The zero-order valence-electron chi connectivity index (χ0n) is 21.0. The van der Waals surface area contributed by atoms with Crippen molar-refractivity contribution in [2.24, 2.45) is 52.3 Å². The van der Waals surface area contributed by atoms with Crippen molar-refractivity contribution in [3.8, 4) is 0 Å². The van der Waals surface area contributed by atoms with Gasteiger partial charge >= 0.3 is 0 Å². The van der Waals surface area contributed by atoms with Gasteiger partial charge in [-0.25, -0.2) is 0 Å². The summed E-state index contributed by atoms with van der Waals surface area (Å²) in [6.45, 7) is 14.5. The van der Waals surface area contributed by atoms with Gasteiger partial charge in [-0.2, -0.15) is 0 Å². The number of carbonyl (C=O) groups is 2. The molecule has 0 N–H and O–H groups in total. The van der Waals surface area contributed by atoms with E-state index in [-0.39, 0.29) is 11.2 Å². The summed E-state index contributed by atoms with van der Waals surface area (Å²) < 4.78 is 0. The van der Waals surface area contributed by atoms with Crippen molar-refractivity contribution in [1.29, 1.82) is 0 Å². The Morgan fingerprint density at radius 1 is 1.00 bits per heavy atom. The summed E-state index contributed by atoms with van der Waals surface area (Å²) in [6.07, 6.45) is 13.2. The maximum atomic E-state index is 13.2. The van der Waals surface area contributed by atoms with Gasteiger partial charge in [0.2, 0.25) is 0 Å². The fourth-order valence-corrected chi connectivity index (χ4v) is 9.05. The second kappa shape index (κ2) is 8.45. The Morgan fingerprint density at radius 2 is 1.74 bits per heavy atom. The van der Waals surface area contributed by atoms with E-state index in [4.69, 9.17) is 0 Å². The minimum Gasteiger partial charge on any atom is -0.295 e. The first-order valence-electron chi connectivity index (χ1n) is 13.4. The first-order valence-corrected chi connectivity index (χ1v) is 13.4. The third-order valence-corrected chi connectivity index (χ3v) is 11.0. The summed E-state index contributed by atoms with van der Waals surface area (Å²) in [5.74, 6) is 5.55. The number of ketones is 2. The van der Waals surface area contributed by atoms with Crippen LogP contribution in [0.3, 0.4) is 0 Å². The van der Waals surface area contributed by atoms with Gasteiger partial charge in [0, 0.05) is 18.4 Å². The SMILES string of the molecule is CCC(CCC(C)C1CCC2C3CC(=O)C4=CC(=O)CC[C@]4(C)C3CC[C@]12C)C(C)C. The fraction of sp³-hybridized carbons (Fsp3) is 0.862. The Labute approximate surface area is 191 Å². The van der Waals surface area contributed by atoms with Crippen LogP contribution in [0.5, 0.6) is 0 Å². The highest BCUT2D eigenvalue weighted by Crippen LogP contribution is 2.67. The van der Waals surface area contributed by atoms with Crippen LogP contribution in [-0.2, 0) is 9.59 Å². The summed E-state index contributed by atoms with van der Waals surface area (Å²) in [5, 5.41) is 0. The first kappa shape index (κ1) is 23.2. The van der Waals surface area contributed by atoms with Crippen LogP contribution in [0.15, 0.2) is 11.6 Å². The molecule has 0 aromatic carbocycles. The molecular formula is C29H46O2. The molecular weight excluding hydrogens is 380 g/mol. The molecule has 2 nitrogen and oxygen atoms in total. The van der Waals surface area contributed by atoms with Crippen molar-refractivity contribution in [3.05, 3.63) is 11.6 Å². The van der Waals surface area contributed by atoms with Crippen LogP contribution in [0.1, 0.15) is 106 Å². The normalized spacial score (nSPS) is 42.0. The summed E-state index contributed by atoms with van der Waals surface area (Å²) in [5.41, 5.74) is 1.24. The predicted molar refractivity (Wildman–Crippen MR) is 128 cm³/mol. The molecule has 2 heteroatoms. The second-order valence-corrected chi connectivity index (χ2v) is 12.6. The van der Waals surface area contributed by atoms with E-state index >= 15 is 0 Å². The minimum atomic E-state index is -0.0510. The highest BCUT2D eigenvalue weighted by Gasteiger charge is 2.61. The van der Waals surface area contributed by atoms with Crippen LogP contribution in [-0.4, -0.2) is 11.6 Å². The van der Waals surface area contributed by atoms with Crippen molar-refractivity contribution >= 4 is 11.6 Å². The van der Waals surface area contributed by atoms with Gasteiger partial charge < -0.3 is 0 Å². The summed E-state index contributed by atoms with van der Waals surface area (Å²) in [4.78, 5) is 25.3. The zero-order chi connectivity index (χ0) is 22.6. The molecule has 0 aromatic rings. The fourth-order valence-electron chi connectivity index (χ4n) is 9.05. The molecule has 0 bridgehead atoms. The number of fused-ring (bicyclic) bond motifs is 5. The molecule has 0 heterocycles. The molecule has 3 fully saturated rings.